The zero-order valence-electron chi connectivity index (χ0n) is 14.7. The Hall–Kier alpha value is -2.20. The summed E-state index contributed by atoms with van der Waals surface area (Å²) in [4.78, 5) is 3.29. The lowest BCUT2D eigenvalue weighted by atomic mass is 10.2. The van der Waals surface area contributed by atoms with Crippen molar-refractivity contribution in [3.63, 3.8) is 0 Å². The second-order valence-electron chi connectivity index (χ2n) is 4.90. The van der Waals surface area contributed by atoms with Gasteiger partial charge in [0.15, 0.2) is 0 Å². The van der Waals surface area contributed by atoms with Crippen LogP contribution in [0.3, 0.4) is 0 Å². The van der Waals surface area contributed by atoms with Crippen LogP contribution in [-0.2, 0) is 18.9 Å². The van der Waals surface area contributed by atoms with Crippen LogP contribution in [0.15, 0.2) is 18.2 Å². The van der Waals surface area contributed by atoms with Crippen LogP contribution in [0.2, 0.25) is 0 Å². The Bertz CT molecular complexity index is 582. The summed E-state index contributed by atoms with van der Waals surface area (Å²) in [6.45, 7) is 10.7. The summed E-state index contributed by atoms with van der Waals surface area (Å²) >= 11 is 0. The molecule has 8 heteroatoms. The van der Waals surface area contributed by atoms with E-state index in [9.17, 15) is 0 Å². The largest absolute Gasteiger partial charge is 0.491 e. The predicted octanol–water partition coefficient (Wildman–Crippen LogP) is 1.55. The highest BCUT2D eigenvalue weighted by molar-refractivity contribution is 5.64. The number of hydrogen-bond donors (Lipinski definition) is 1. The van der Waals surface area contributed by atoms with Crippen molar-refractivity contribution in [1.29, 1.82) is 5.26 Å². The summed E-state index contributed by atoms with van der Waals surface area (Å²) in [7, 11) is 0. The molecule has 8 nitrogen and oxygen atoms in total. The first kappa shape index (κ1) is 21.8. The van der Waals surface area contributed by atoms with E-state index in [0.29, 0.717) is 58.6 Å². The average Bonchev–Trinajstić information content (AvgIpc) is 2.67. The topological polar surface area (TPSA) is 94.5 Å². The van der Waals surface area contributed by atoms with Gasteiger partial charge in [-0.15, -0.1) is 0 Å². The first-order chi connectivity index (χ1) is 12.8. The molecule has 0 atom stereocenters. The molecule has 0 aliphatic carbocycles. The van der Waals surface area contributed by atoms with Gasteiger partial charge in [-0.1, -0.05) is 12.1 Å². The minimum absolute atomic E-state index is 0.0149. The van der Waals surface area contributed by atoms with Crippen LogP contribution < -0.4 is 4.74 Å². The van der Waals surface area contributed by atoms with E-state index in [4.69, 9.17) is 40.6 Å². The minimum atomic E-state index is 0.0149. The lowest BCUT2D eigenvalue weighted by Gasteiger charge is -2.10. The van der Waals surface area contributed by atoms with E-state index in [2.05, 4.69) is 4.85 Å². The molecule has 0 fully saturated rings. The molecule has 0 aliphatic rings. The first-order valence-corrected chi connectivity index (χ1v) is 8.28. The lowest BCUT2D eigenvalue weighted by molar-refractivity contribution is -0.00779. The van der Waals surface area contributed by atoms with Crippen LogP contribution in [0.4, 0.5) is 5.69 Å². The summed E-state index contributed by atoms with van der Waals surface area (Å²) in [5.74, 6) is 0.390. The highest BCUT2D eigenvalue weighted by Gasteiger charge is 2.08. The Balaban J connectivity index is 1.98. The summed E-state index contributed by atoms with van der Waals surface area (Å²) in [5, 5.41) is 17.6. The van der Waals surface area contributed by atoms with Gasteiger partial charge in [0.2, 0.25) is 5.69 Å². The Morgan fingerprint density at radius 2 is 1.42 bits per heavy atom. The van der Waals surface area contributed by atoms with Gasteiger partial charge >= 0.3 is 0 Å². The maximum Gasteiger partial charge on any atom is 0.208 e. The molecule has 0 amide bonds. The third-order valence-electron chi connectivity index (χ3n) is 3.07. The lowest BCUT2D eigenvalue weighted by Crippen LogP contribution is -2.14. The zero-order valence-corrected chi connectivity index (χ0v) is 14.7. The molecule has 0 aromatic heterocycles. The molecular formula is C18H24N2O6. The molecule has 1 aromatic rings. The summed E-state index contributed by atoms with van der Waals surface area (Å²) in [6.07, 6.45) is 0. The van der Waals surface area contributed by atoms with E-state index in [1.165, 1.54) is 0 Å². The molecule has 0 unspecified atom stereocenters. The van der Waals surface area contributed by atoms with Crippen LogP contribution in [0.25, 0.3) is 4.85 Å². The van der Waals surface area contributed by atoms with Crippen molar-refractivity contribution < 1.29 is 28.8 Å². The summed E-state index contributed by atoms with van der Waals surface area (Å²) < 4.78 is 26.5. The van der Waals surface area contributed by atoms with Gasteiger partial charge in [0, 0.05) is 0 Å². The smallest absolute Gasteiger partial charge is 0.208 e. The van der Waals surface area contributed by atoms with Crippen molar-refractivity contribution >= 4 is 5.69 Å². The fourth-order valence-electron chi connectivity index (χ4n) is 1.88. The monoisotopic (exact) mass is 364 g/mol. The van der Waals surface area contributed by atoms with Gasteiger partial charge in [-0.05, 0) is 6.07 Å². The van der Waals surface area contributed by atoms with Crippen molar-refractivity contribution in [2.45, 2.75) is 0 Å². The molecule has 0 saturated carbocycles. The van der Waals surface area contributed by atoms with E-state index in [1.54, 1.807) is 18.2 Å². The van der Waals surface area contributed by atoms with Gasteiger partial charge in [0.25, 0.3) is 0 Å². The number of nitrogens with zero attached hydrogens (tertiary/aromatic N) is 2. The van der Waals surface area contributed by atoms with E-state index in [-0.39, 0.29) is 24.5 Å². The molecule has 0 saturated heterocycles. The maximum atomic E-state index is 9.10. The highest BCUT2D eigenvalue weighted by atomic mass is 16.6. The molecule has 0 bridgehead atoms. The van der Waals surface area contributed by atoms with Crippen molar-refractivity contribution in [2.24, 2.45) is 0 Å². The van der Waals surface area contributed by atoms with Gasteiger partial charge in [0.1, 0.15) is 17.9 Å². The quantitative estimate of drug-likeness (QED) is 0.373. The summed E-state index contributed by atoms with van der Waals surface area (Å²) in [5.41, 5.74) is 0.522. The minimum Gasteiger partial charge on any atom is -0.491 e. The van der Waals surface area contributed by atoms with E-state index in [1.807, 2.05) is 6.07 Å². The standard InChI is InChI=1S/C18H24N2O6/c1-20-17-3-2-4-18(16(17)15-19)26-14-13-25-12-11-24-10-9-23-8-7-22-6-5-21/h2-4,21H,5-14H2. The van der Waals surface area contributed by atoms with Gasteiger partial charge in [0.05, 0.1) is 72.1 Å². The van der Waals surface area contributed by atoms with Crippen molar-refractivity contribution in [2.75, 3.05) is 66.1 Å². The third kappa shape index (κ3) is 9.33. The Morgan fingerprint density at radius 3 is 1.92 bits per heavy atom. The number of ether oxygens (including phenoxy) is 5. The van der Waals surface area contributed by atoms with Crippen molar-refractivity contribution in [3.8, 4) is 11.8 Å². The molecule has 1 N–H and O–H groups in total. The van der Waals surface area contributed by atoms with Crippen LogP contribution in [0.5, 0.6) is 5.75 Å². The SMILES string of the molecule is [C-]#[N+]c1cccc(OCCOCCOCCOCCOCCO)c1C#N. The Labute approximate surface area is 153 Å². The molecular weight excluding hydrogens is 340 g/mol. The third-order valence-corrected chi connectivity index (χ3v) is 3.07. The Morgan fingerprint density at radius 1 is 0.885 bits per heavy atom. The normalized spacial score (nSPS) is 10.3. The van der Waals surface area contributed by atoms with Gasteiger partial charge in [-0.25, -0.2) is 4.85 Å². The highest BCUT2D eigenvalue weighted by Crippen LogP contribution is 2.27. The summed E-state index contributed by atoms with van der Waals surface area (Å²) in [6, 6.07) is 6.90. The average molecular weight is 364 g/mol. The fourth-order valence-corrected chi connectivity index (χ4v) is 1.88. The van der Waals surface area contributed by atoms with E-state index in [0.717, 1.165) is 0 Å². The van der Waals surface area contributed by atoms with Crippen molar-refractivity contribution in [1.82, 2.24) is 0 Å². The van der Waals surface area contributed by atoms with Crippen LogP contribution >= 0.6 is 0 Å². The van der Waals surface area contributed by atoms with Crippen LogP contribution in [0.1, 0.15) is 5.56 Å². The van der Waals surface area contributed by atoms with E-state index < -0.39 is 0 Å². The second-order valence-corrected chi connectivity index (χ2v) is 4.90. The fraction of sp³-hybridized carbons (Fsp3) is 0.556. The molecule has 0 aliphatic heterocycles. The van der Waals surface area contributed by atoms with Gasteiger partial charge < -0.3 is 28.8 Å². The van der Waals surface area contributed by atoms with Gasteiger partial charge in [-0.3, -0.25) is 0 Å². The van der Waals surface area contributed by atoms with E-state index >= 15 is 0 Å². The number of aliphatic hydroxyl groups is 1. The van der Waals surface area contributed by atoms with Crippen LogP contribution in [-0.4, -0.2) is 71.2 Å². The number of benzene rings is 1. The van der Waals surface area contributed by atoms with Crippen molar-refractivity contribution in [3.05, 3.63) is 35.2 Å². The Kier molecular flexibility index (Phi) is 12.7. The number of aliphatic hydroxyl groups excluding tert-OH is 1. The van der Waals surface area contributed by atoms with Crippen LogP contribution in [0, 0.1) is 17.9 Å². The molecule has 1 rings (SSSR count). The molecule has 26 heavy (non-hydrogen) atoms. The molecule has 1 aromatic carbocycles. The maximum absolute atomic E-state index is 9.10. The molecule has 142 valence electrons. The number of hydrogen-bond acceptors (Lipinski definition) is 7. The number of rotatable bonds is 15. The molecule has 0 spiro atoms. The zero-order chi connectivity index (χ0) is 18.9. The number of nitriles is 1. The molecule has 0 radical (unpaired) electrons. The second kappa shape index (κ2) is 15.1. The predicted molar refractivity (Wildman–Crippen MR) is 93.3 cm³/mol. The van der Waals surface area contributed by atoms with Gasteiger partial charge in [-0.2, -0.15) is 5.26 Å². The first-order valence-electron chi connectivity index (χ1n) is 8.28. The molecule has 0 heterocycles.